The number of nitrogens with one attached hydrogen (secondary N) is 3. The van der Waals surface area contributed by atoms with Gasteiger partial charge in [0.1, 0.15) is 0 Å². The molecule has 0 spiro atoms. The Morgan fingerprint density at radius 1 is 0.979 bits per heavy atom. The highest BCUT2D eigenvalue weighted by Gasteiger charge is 2.33. The number of amides is 1. The third-order valence-electron chi connectivity index (χ3n) is 9.81. The van der Waals surface area contributed by atoms with Crippen LogP contribution in [0.1, 0.15) is 127 Å². The van der Waals surface area contributed by atoms with Crippen molar-refractivity contribution in [3.05, 3.63) is 75.4 Å². The lowest BCUT2D eigenvalue weighted by Crippen LogP contribution is -2.26. The molecule has 48 heavy (non-hydrogen) atoms. The molecular formula is C38H45N5O5. The maximum atomic E-state index is 13.5. The molecule has 0 unspecified atom stereocenters. The largest absolute Gasteiger partial charge is 0.481 e. The van der Waals surface area contributed by atoms with Crippen LogP contribution in [-0.2, 0) is 16.0 Å². The Hall–Kier alpha value is -4.99. The van der Waals surface area contributed by atoms with Gasteiger partial charge in [0.05, 0.1) is 34.6 Å². The molecule has 2 atom stereocenters. The monoisotopic (exact) mass is 651 g/mol. The van der Waals surface area contributed by atoms with Gasteiger partial charge in [0.2, 0.25) is 5.91 Å². The predicted molar refractivity (Wildman–Crippen MR) is 190 cm³/mol. The molecule has 0 saturated heterocycles. The minimum absolute atomic E-state index is 0.0554. The molecule has 10 nitrogen and oxygen atoms in total. The van der Waals surface area contributed by atoms with Crippen LogP contribution in [0.2, 0.25) is 0 Å². The van der Waals surface area contributed by atoms with Gasteiger partial charge < -0.3 is 25.5 Å². The van der Waals surface area contributed by atoms with Crippen LogP contribution in [-0.4, -0.2) is 54.5 Å². The number of aromatic carboxylic acids is 1. The molecule has 1 amide bonds. The number of hydrogen-bond acceptors (Lipinski definition) is 5. The summed E-state index contributed by atoms with van der Waals surface area (Å²) >= 11 is 0. The molecule has 3 aromatic rings. The van der Waals surface area contributed by atoms with Crippen LogP contribution in [0.5, 0.6) is 0 Å². The molecule has 0 fully saturated rings. The number of carbonyl (C=O) groups excluding carboxylic acids is 1. The van der Waals surface area contributed by atoms with Crippen LogP contribution in [0.3, 0.4) is 0 Å². The van der Waals surface area contributed by atoms with Crippen LogP contribution in [0.15, 0.2) is 24.8 Å². The number of hydrogen-bond donors (Lipinski definition) is 5. The van der Waals surface area contributed by atoms with Gasteiger partial charge >= 0.3 is 11.9 Å². The van der Waals surface area contributed by atoms with E-state index in [0.717, 1.165) is 64.0 Å². The van der Waals surface area contributed by atoms with Crippen molar-refractivity contribution in [2.24, 2.45) is 0 Å². The molecule has 3 aromatic heterocycles. The molecule has 0 aromatic carbocycles. The first-order chi connectivity index (χ1) is 22.9. The Morgan fingerprint density at radius 3 is 2.33 bits per heavy atom. The molecule has 5 N–H and O–H groups in total. The van der Waals surface area contributed by atoms with Gasteiger partial charge in [-0.05, 0) is 80.5 Å². The molecule has 0 aliphatic carbocycles. The molecule has 2 aliphatic rings. The first-order valence-electron chi connectivity index (χ1n) is 16.7. The zero-order valence-electron chi connectivity index (χ0n) is 28.6. The van der Waals surface area contributed by atoms with Gasteiger partial charge in [0.25, 0.3) is 0 Å². The number of carbonyl (C=O) groups is 3. The van der Waals surface area contributed by atoms with Crippen LogP contribution in [0.25, 0.3) is 39.3 Å². The van der Waals surface area contributed by atoms with E-state index in [2.05, 4.69) is 28.8 Å². The summed E-state index contributed by atoms with van der Waals surface area (Å²) in [6.07, 6.45) is 4.32. The molecule has 5 heterocycles. The maximum Gasteiger partial charge on any atom is 0.338 e. The van der Waals surface area contributed by atoms with Crippen molar-refractivity contribution in [1.29, 1.82) is 0 Å². The molecule has 2 aliphatic heterocycles. The minimum Gasteiger partial charge on any atom is -0.481 e. The second kappa shape index (κ2) is 14.0. The molecule has 0 saturated carbocycles. The van der Waals surface area contributed by atoms with E-state index in [4.69, 9.17) is 9.97 Å². The van der Waals surface area contributed by atoms with Gasteiger partial charge in [0.15, 0.2) is 0 Å². The van der Waals surface area contributed by atoms with Gasteiger partial charge in [-0.3, -0.25) is 14.6 Å². The van der Waals surface area contributed by atoms with E-state index < -0.39 is 11.9 Å². The standard InChI is InChI=1S/C38H45N5O5/c1-8-11-14-39-33(44)15-26-36-25(12-13-34(45)46)21(6)29(42-36)16-27-19(4)23(9-2)31(40-27)17-28-20(5)24(10-3)32(41-28)18-30-22(7)35(38(47)48)37(26)43-30/h9,16-18,21,25,40,43H,2,8,10-15H2,1,3-7H3,(H,39,44)(H,45,46)(H,47,48)/t21-,25-/m0/s1. The molecule has 0 radical (unpaired) electrons. The van der Waals surface area contributed by atoms with Gasteiger partial charge in [-0.25, -0.2) is 9.78 Å². The Bertz CT molecular complexity index is 2010. The van der Waals surface area contributed by atoms with Crippen molar-refractivity contribution < 1.29 is 24.6 Å². The normalized spacial score (nSPS) is 15.9. The van der Waals surface area contributed by atoms with Crippen molar-refractivity contribution in [2.75, 3.05) is 6.54 Å². The van der Waals surface area contributed by atoms with E-state index in [1.165, 1.54) is 0 Å². The Morgan fingerprint density at radius 2 is 1.69 bits per heavy atom. The minimum atomic E-state index is -1.13. The number of aromatic amines is 2. The lowest BCUT2D eigenvalue weighted by Gasteiger charge is -2.17. The summed E-state index contributed by atoms with van der Waals surface area (Å²) < 4.78 is 0. The summed E-state index contributed by atoms with van der Waals surface area (Å²) in [5.74, 6) is -2.90. The average molecular weight is 652 g/mol. The summed E-state index contributed by atoms with van der Waals surface area (Å²) in [6, 6.07) is 5.87. The predicted octanol–water partition coefficient (Wildman–Crippen LogP) is 7.82. The number of rotatable bonds is 11. The summed E-state index contributed by atoms with van der Waals surface area (Å²) in [7, 11) is 0. The van der Waals surface area contributed by atoms with Crippen LogP contribution in [0.4, 0.5) is 0 Å². The fourth-order valence-electron chi connectivity index (χ4n) is 7.00. The smallest absolute Gasteiger partial charge is 0.338 e. The topological polar surface area (TPSA) is 161 Å². The Labute approximate surface area is 280 Å². The number of aliphatic carboxylic acids is 1. The van der Waals surface area contributed by atoms with E-state index in [1.807, 2.05) is 52.0 Å². The summed E-state index contributed by atoms with van der Waals surface area (Å²) in [5.41, 5.74) is 10.4. The zero-order chi connectivity index (χ0) is 34.9. The van der Waals surface area contributed by atoms with Gasteiger partial charge in [0, 0.05) is 58.2 Å². The third-order valence-corrected chi connectivity index (χ3v) is 9.81. The Balaban J connectivity index is 1.98. The quantitative estimate of drug-likeness (QED) is 0.132. The highest BCUT2D eigenvalue weighted by atomic mass is 16.4. The van der Waals surface area contributed by atoms with Crippen molar-refractivity contribution >= 4 is 57.1 Å². The van der Waals surface area contributed by atoms with Gasteiger partial charge in [-0.1, -0.05) is 39.8 Å². The number of fused-ring (bicyclic) bond motifs is 8. The molecule has 252 valence electrons. The summed E-state index contributed by atoms with van der Waals surface area (Å²) in [4.78, 5) is 55.3. The number of aryl methyl sites for hydroxylation is 2. The summed E-state index contributed by atoms with van der Waals surface area (Å²) in [5, 5.41) is 23.2. The highest BCUT2D eigenvalue weighted by molar-refractivity contribution is 6.03. The van der Waals surface area contributed by atoms with E-state index in [-0.39, 0.29) is 42.6 Å². The highest BCUT2D eigenvalue weighted by Crippen LogP contribution is 2.43. The molecule has 8 bridgehead atoms. The maximum absolute atomic E-state index is 13.5. The van der Waals surface area contributed by atoms with E-state index in [0.29, 0.717) is 40.1 Å². The lowest BCUT2D eigenvalue weighted by atomic mass is 9.85. The van der Waals surface area contributed by atoms with Crippen molar-refractivity contribution in [2.45, 2.75) is 91.9 Å². The van der Waals surface area contributed by atoms with Crippen molar-refractivity contribution in [3.8, 4) is 0 Å². The lowest BCUT2D eigenvalue weighted by molar-refractivity contribution is -0.137. The first-order valence-corrected chi connectivity index (χ1v) is 16.7. The number of allylic oxidation sites excluding steroid dienone is 2. The Kier molecular flexibility index (Phi) is 10.0. The zero-order valence-corrected chi connectivity index (χ0v) is 28.6. The van der Waals surface area contributed by atoms with Crippen molar-refractivity contribution in [1.82, 2.24) is 25.3 Å². The van der Waals surface area contributed by atoms with Crippen LogP contribution >= 0.6 is 0 Å². The fourth-order valence-corrected chi connectivity index (χ4v) is 7.00. The molecule has 10 heteroatoms. The summed E-state index contributed by atoms with van der Waals surface area (Å²) in [6.45, 7) is 16.5. The first kappa shape index (κ1) is 34.3. The number of carboxylic acid groups (broad SMARTS) is 2. The van der Waals surface area contributed by atoms with Crippen molar-refractivity contribution in [3.63, 3.8) is 0 Å². The third kappa shape index (κ3) is 6.43. The average Bonchev–Trinajstić information content (AvgIpc) is 3.71. The van der Waals surface area contributed by atoms with Gasteiger partial charge in [-0.15, -0.1) is 0 Å². The van der Waals surface area contributed by atoms with E-state index >= 15 is 0 Å². The number of aromatic nitrogens is 4. The van der Waals surface area contributed by atoms with E-state index in [1.54, 1.807) is 6.92 Å². The number of H-pyrrole nitrogens is 2. The number of unbranched alkanes of at least 4 members (excludes halogenated alkanes) is 1. The second-order valence-corrected chi connectivity index (χ2v) is 12.8. The molecule has 5 rings (SSSR count). The SMILES string of the molecule is C=Cc1c(C)c2cc3nc(c(CC(=O)NCCCC)c4[nH]c(cc5nc(cc1[nH]2)C(C)=C5CC)c(C)c4C(=O)O)[C@@H](CCC(=O)O)[C@@H]3C. The number of nitrogens with zero attached hydrogens (tertiary/aromatic N) is 2. The van der Waals surface area contributed by atoms with Gasteiger partial charge in [-0.2, -0.15) is 0 Å². The fraction of sp³-hybridized carbons (Fsp3) is 0.395. The van der Waals surface area contributed by atoms with E-state index in [9.17, 15) is 24.6 Å². The van der Waals surface area contributed by atoms with Crippen LogP contribution < -0.4 is 5.32 Å². The second-order valence-electron chi connectivity index (χ2n) is 12.8. The molecular weight excluding hydrogens is 606 g/mol. The number of carboxylic acids is 2. The van der Waals surface area contributed by atoms with Crippen LogP contribution in [0, 0.1) is 13.8 Å².